The van der Waals surface area contributed by atoms with Gasteiger partial charge in [-0.3, -0.25) is 0 Å². The number of carbonyl (C=O) groups excluding carboxylic acids is 1. The van der Waals surface area contributed by atoms with Crippen molar-refractivity contribution in [2.45, 2.75) is 33.8 Å². The second kappa shape index (κ2) is 4.47. The van der Waals surface area contributed by atoms with E-state index >= 15 is 0 Å². The third kappa shape index (κ3) is 3.39. The minimum atomic E-state index is -0.252. The lowest BCUT2D eigenvalue weighted by molar-refractivity contribution is 0.00480. The van der Waals surface area contributed by atoms with Gasteiger partial charge in [-0.25, -0.2) is 4.79 Å². The predicted molar refractivity (Wildman–Crippen MR) is 60.8 cm³/mol. The molecular weight excluding hydrogens is 188 g/mol. The summed E-state index contributed by atoms with van der Waals surface area (Å²) in [6, 6.07) is 9.07. The van der Waals surface area contributed by atoms with Crippen LogP contribution in [0.3, 0.4) is 0 Å². The van der Waals surface area contributed by atoms with Crippen LogP contribution in [0.5, 0.6) is 0 Å². The number of hydrogen-bond donors (Lipinski definition) is 0. The Balaban J connectivity index is 2.65. The summed E-state index contributed by atoms with van der Waals surface area (Å²) in [5.74, 6) is -0.252. The van der Waals surface area contributed by atoms with Crippen molar-refractivity contribution in [3.8, 4) is 0 Å². The second-order valence-corrected chi connectivity index (χ2v) is 4.78. The minimum Gasteiger partial charge on any atom is -0.459 e. The molecule has 0 aliphatic rings. The molecule has 1 aromatic rings. The third-order valence-electron chi connectivity index (χ3n) is 2.51. The molecular formula is C13H18O2. The quantitative estimate of drug-likeness (QED) is 0.694. The summed E-state index contributed by atoms with van der Waals surface area (Å²) in [5, 5.41) is 0. The molecule has 0 spiro atoms. The van der Waals surface area contributed by atoms with Crippen LogP contribution in [0.1, 0.15) is 38.1 Å². The van der Waals surface area contributed by atoms with E-state index < -0.39 is 0 Å². The van der Waals surface area contributed by atoms with Crippen LogP contribution in [0, 0.1) is 5.41 Å². The van der Waals surface area contributed by atoms with E-state index in [-0.39, 0.29) is 17.5 Å². The molecule has 0 radical (unpaired) electrons. The van der Waals surface area contributed by atoms with Gasteiger partial charge in [-0.05, 0) is 24.5 Å². The first-order valence-electron chi connectivity index (χ1n) is 5.17. The Kier molecular flexibility index (Phi) is 3.51. The Morgan fingerprint density at radius 2 is 1.73 bits per heavy atom. The van der Waals surface area contributed by atoms with Crippen LogP contribution in [0.15, 0.2) is 30.3 Å². The number of ether oxygens (including phenoxy) is 1. The van der Waals surface area contributed by atoms with E-state index in [9.17, 15) is 4.79 Å². The summed E-state index contributed by atoms with van der Waals surface area (Å²) in [5.41, 5.74) is 0.582. The number of hydrogen-bond acceptors (Lipinski definition) is 2. The largest absolute Gasteiger partial charge is 0.459 e. The summed E-state index contributed by atoms with van der Waals surface area (Å²) in [6.07, 6.45) is -0.0924. The molecule has 0 N–H and O–H groups in total. The van der Waals surface area contributed by atoms with Gasteiger partial charge in [0, 0.05) is 0 Å². The molecule has 1 rings (SSSR count). The average molecular weight is 206 g/mol. The predicted octanol–water partition coefficient (Wildman–Crippen LogP) is 3.28. The summed E-state index contributed by atoms with van der Waals surface area (Å²) >= 11 is 0. The van der Waals surface area contributed by atoms with Crippen molar-refractivity contribution in [3.63, 3.8) is 0 Å². The highest BCUT2D eigenvalue weighted by molar-refractivity contribution is 5.89. The molecule has 0 aromatic heterocycles. The zero-order chi connectivity index (χ0) is 11.5. The van der Waals surface area contributed by atoms with E-state index in [4.69, 9.17) is 4.74 Å². The van der Waals surface area contributed by atoms with Gasteiger partial charge >= 0.3 is 5.97 Å². The fourth-order valence-electron chi connectivity index (χ4n) is 0.980. The number of benzene rings is 1. The zero-order valence-electron chi connectivity index (χ0n) is 9.78. The molecule has 0 aliphatic carbocycles. The summed E-state index contributed by atoms with van der Waals surface area (Å²) in [4.78, 5) is 11.7. The lowest BCUT2D eigenvalue weighted by Crippen LogP contribution is -2.28. The van der Waals surface area contributed by atoms with Crippen LogP contribution in [-0.4, -0.2) is 12.1 Å². The highest BCUT2D eigenvalue weighted by Crippen LogP contribution is 2.22. The van der Waals surface area contributed by atoms with Crippen molar-refractivity contribution >= 4 is 5.97 Å². The standard InChI is InChI=1S/C13H18O2/c1-10(13(2,3)4)15-12(14)11-8-6-5-7-9-11/h5-10H,1-4H3/t10-/m1/s1. The van der Waals surface area contributed by atoms with E-state index in [1.165, 1.54) is 0 Å². The van der Waals surface area contributed by atoms with E-state index in [1.54, 1.807) is 12.1 Å². The monoisotopic (exact) mass is 206 g/mol. The van der Waals surface area contributed by atoms with Gasteiger partial charge < -0.3 is 4.74 Å². The first-order chi connectivity index (χ1) is 6.91. The van der Waals surface area contributed by atoms with Crippen molar-refractivity contribution in [2.75, 3.05) is 0 Å². The van der Waals surface area contributed by atoms with Gasteiger partial charge in [-0.2, -0.15) is 0 Å². The molecule has 0 aliphatic heterocycles. The number of rotatable bonds is 2. The van der Waals surface area contributed by atoms with Crippen LogP contribution in [0.4, 0.5) is 0 Å². The molecule has 82 valence electrons. The molecule has 2 heteroatoms. The van der Waals surface area contributed by atoms with Gasteiger partial charge in [0.2, 0.25) is 0 Å². The van der Waals surface area contributed by atoms with Gasteiger partial charge in [0.25, 0.3) is 0 Å². The molecule has 0 bridgehead atoms. The zero-order valence-corrected chi connectivity index (χ0v) is 9.78. The van der Waals surface area contributed by atoms with Crippen molar-refractivity contribution in [2.24, 2.45) is 5.41 Å². The van der Waals surface area contributed by atoms with Crippen molar-refractivity contribution < 1.29 is 9.53 Å². The lowest BCUT2D eigenvalue weighted by Gasteiger charge is -2.26. The Hall–Kier alpha value is -1.31. The number of carbonyl (C=O) groups is 1. The maximum absolute atomic E-state index is 11.7. The van der Waals surface area contributed by atoms with Gasteiger partial charge in [0.15, 0.2) is 0 Å². The molecule has 2 nitrogen and oxygen atoms in total. The van der Waals surface area contributed by atoms with Crippen LogP contribution >= 0.6 is 0 Å². The van der Waals surface area contributed by atoms with Crippen molar-refractivity contribution in [1.29, 1.82) is 0 Å². The van der Waals surface area contributed by atoms with Gasteiger partial charge in [0.05, 0.1) is 5.56 Å². The summed E-state index contributed by atoms with van der Waals surface area (Å²) in [6.45, 7) is 8.07. The minimum absolute atomic E-state index is 0.0234. The first kappa shape index (κ1) is 11.8. The molecule has 1 atom stereocenters. The SMILES string of the molecule is C[C@@H](OC(=O)c1ccccc1)C(C)(C)C. The Morgan fingerprint density at radius 1 is 1.20 bits per heavy atom. The maximum Gasteiger partial charge on any atom is 0.338 e. The maximum atomic E-state index is 11.7. The van der Waals surface area contributed by atoms with E-state index in [0.29, 0.717) is 5.56 Å². The Labute approximate surface area is 91.3 Å². The smallest absolute Gasteiger partial charge is 0.338 e. The van der Waals surface area contributed by atoms with Crippen LogP contribution < -0.4 is 0 Å². The molecule has 0 amide bonds. The van der Waals surface area contributed by atoms with Crippen LogP contribution in [-0.2, 0) is 4.74 Å². The van der Waals surface area contributed by atoms with Crippen molar-refractivity contribution in [3.05, 3.63) is 35.9 Å². The topological polar surface area (TPSA) is 26.3 Å². The summed E-state index contributed by atoms with van der Waals surface area (Å²) in [7, 11) is 0. The van der Waals surface area contributed by atoms with E-state index in [0.717, 1.165) is 0 Å². The van der Waals surface area contributed by atoms with Crippen LogP contribution in [0.2, 0.25) is 0 Å². The Bertz CT molecular complexity index is 322. The fraction of sp³-hybridized carbons (Fsp3) is 0.462. The molecule has 0 unspecified atom stereocenters. The molecule has 0 heterocycles. The van der Waals surface area contributed by atoms with Gasteiger partial charge in [0.1, 0.15) is 6.10 Å². The second-order valence-electron chi connectivity index (χ2n) is 4.78. The first-order valence-corrected chi connectivity index (χ1v) is 5.17. The van der Waals surface area contributed by atoms with Gasteiger partial charge in [-0.15, -0.1) is 0 Å². The molecule has 15 heavy (non-hydrogen) atoms. The van der Waals surface area contributed by atoms with Crippen molar-refractivity contribution in [1.82, 2.24) is 0 Å². The lowest BCUT2D eigenvalue weighted by atomic mass is 9.90. The highest BCUT2D eigenvalue weighted by Gasteiger charge is 2.24. The fourth-order valence-corrected chi connectivity index (χ4v) is 0.980. The Morgan fingerprint density at radius 3 is 2.20 bits per heavy atom. The summed E-state index contributed by atoms with van der Waals surface area (Å²) < 4.78 is 5.36. The number of esters is 1. The van der Waals surface area contributed by atoms with Gasteiger partial charge in [-0.1, -0.05) is 39.0 Å². The third-order valence-corrected chi connectivity index (χ3v) is 2.51. The molecule has 0 fully saturated rings. The molecule has 1 aromatic carbocycles. The molecule has 0 saturated heterocycles. The van der Waals surface area contributed by atoms with Crippen LogP contribution in [0.25, 0.3) is 0 Å². The van der Waals surface area contributed by atoms with E-state index in [2.05, 4.69) is 20.8 Å². The normalized spacial score (nSPS) is 13.3. The highest BCUT2D eigenvalue weighted by atomic mass is 16.5. The average Bonchev–Trinajstić information content (AvgIpc) is 2.17. The molecule has 0 saturated carbocycles. The van der Waals surface area contributed by atoms with E-state index in [1.807, 2.05) is 25.1 Å².